The second-order valence-corrected chi connectivity index (χ2v) is 4.15. The Bertz CT molecular complexity index is 531. The molecule has 1 rings (SSSR count). The van der Waals surface area contributed by atoms with Crippen LogP contribution in [0.2, 0.25) is 0 Å². The van der Waals surface area contributed by atoms with Crippen LogP contribution in [0.25, 0.3) is 0 Å². The zero-order valence-electron chi connectivity index (χ0n) is 7.25. The molecule has 8 heteroatoms. The average molecular weight is 227 g/mol. The van der Waals surface area contributed by atoms with Gasteiger partial charge in [-0.15, -0.1) is 0 Å². The van der Waals surface area contributed by atoms with Crippen molar-refractivity contribution < 1.29 is 13.3 Å². The Hall–Kier alpha value is -2.14. The molecule has 1 aromatic rings. The maximum atomic E-state index is 11.3. The van der Waals surface area contributed by atoms with Gasteiger partial charge in [-0.1, -0.05) is 6.07 Å². The lowest BCUT2D eigenvalue weighted by Crippen LogP contribution is -2.18. The first-order valence-electron chi connectivity index (χ1n) is 3.63. The van der Waals surface area contributed by atoms with Gasteiger partial charge < -0.3 is 0 Å². The van der Waals surface area contributed by atoms with E-state index >= 15 is 0 Å². The second kappa shape index (κ2) is 3.93. The molecule has 0 aliphatic carbocycles. The number of hydrogen-bond donors (Lipinski definition) is 1. The van der Waals surface area contributed by atoms with Crippen LogP contribution in [0, 0.1) is 21.6 Å². The lowest BCUT2D eigenvalue weighted by Gasteiger charge is -1.99. The fraction of sp³-hybridized carbons (Fsp3) is 0. The number of nitrogens with one attached hydrogen (secondary N) is 1. The maximum absolute atomic E-state index is 11.3. The molecule has 15 heavy (non-hydrogen) atoms. The van der Waals surface area contributed by atoms with Crippen LogP contribution in [0.3, 0.4) is 0 Å². The number of rotatable bonds is 3. The van der Waals surface area contributed by atoms with Crippen molar-refractivity contribution in [2.24, 2.45) is 0 Å². The molecule has 0 fully saturated rings. The third-order valence-corrected chi connectivity index (χ3v) is 2.75. The predicted octanol–water partition coefficient (Wildman–Crippen LogP) is 0.354. The van der Waals surface area contributed by atoms with Gasteiger partial charge in [-0.25, -0.2) is 13.1 Å². The number of benzene rings is 1. The predicted molar refractivity (Wildman–Crippen MR) is 49.0 cm³/mol. The molecule has 1 N–H and O–H groups in total. The van der Waals surface area contributed by atoms with E-state index < -0.39 is 14.9 Å². The summed E-state index contributed by atoms with van der Waals surface area (Å²) in [6.45, 7) is 0. The Morgan fingerprint density at radius 2 is 2.13 bits per heavy atom. The van der Waals surface area contributed by atoms with E-state index in [1.165, 1.54) is 12.3 Å². The standard InChI is InChI=1S/C7H5N3O4S/c8-5-9-15(13,14)7-3-1-2-6(4-7)10(11)12/h1-4,9H. The van der Waals surface area contributed by atoms with Crippen molar-refractivity contribution in [1.82, 2.24) is 4.72 Å². The topological polar surface area (TPSA) is 113 Å². The number of sulfonamides is 1. The minimum atomic E-state index is -3.98. The highest BCUT2D eigenvalue weighted by molar-refractivity contribution is 7.89. The Kier molecular flexibility index (Phi) is 2.87. The molecule has 0 amide bonds. The van der Waals surface area contributed by atoms with Crippen molar-refractivity contribution >= 4 is 15.7 Å². The van der Waals surface area contributed by atoms with Crippen molar-refractivity contribution in [3.05, 3.63) is 34.4 Å². The number of nitrogens with zero attached hydrogens (tertiary/aromatic N) is 2. The maximum Gasteiger partial charge on any atom is 0.270 e. The summed E-state index contributed by atoms with van der Waals surface area (Å²) in [5.74, 6) is 0. The minimum absolute atomic E-state index is 0.321. The number of nitro benzene ring substituents is 1. The molecule has 0 saturated carbocycles. The lowest BCUT2D eigenvalue weighted by molar-refractivity contribution is -0.385. The molecule has 0 atom stereocenters. The number of nitriles is 1. The van der Waals surface area contributed by atoms with E-state index in [4.69, 9.17) is 5.26 Å². The number of nitro groups is 1. The van der Waals surface area contributed by atoms with E-state index in [0.29, 0.717) is 0 Å². The van der Waals surface area contributed by atoms with Gasteiger partial charge in [0.05, 0.1) is 9.82 Å². The minimum Gasteiger partial charge on any atom is -0.258 e. The first kappa shape index (κ1) is 10.9. The fourth-order valence-corrected chi connectivity index (χ4v) is 1.65. The average Bonchev–Trinajstić information content (AvgIpc) is 2.18. The molecule has 7 nitrogen and oxygen atoms in total. The summed E-state index contributed by atoms with van der Waals surface area (Å²) in [6, 6.07) is 4.42. The van der Waals surface area contributed by atoms with Crippen molar-refractivity contribution in [2.45, 2.75) is 4.90 Å². The molecule has 0 bridgehead atoms. The summed E-state index contributed by atoms with van der Waals surface area (Å²) in [5, 5.41) is 18.5. The van der Waals surface area contributed by atoms with Gasteiger partial charge in [0, 0.05) is 12.1 Å². The summed E-state index contributed by atoms with van der Waals surface area (Å²) in [7, 11) is -3.98. The van der Waals surface area contributed by atoms with Crippen LogP contribution in [0.15, 0.2) is 29.2 Å². The normalized spacial score (nSPS) is 10.3. The molecular formula is C7H5N3O4S. The van der Waals surface area contributed by atoms with Crippen LogP contribution in [0.1, 0.15) is 0 Å². The van der Waals surface area contributed by atoms with Gasteiger partial charge in [-0.2, -0.15) is 5.26 Å². The summed E-state index contributed by atoms with van der Waals surface area (Å²) in [4.78, 5) is 9.33. The highest BCUT2D eigenvalue weighted by Crippen LogP contribution is 2.16. The molecule has 0 saturated heterocycles. The molecule has 78 valence electrons. The van der Waals surface area contributed by atoms with E-state index in [0.717, 1.165) is 18.2 Å². The summed E-state index contributed by atoms with van der Waals surface area (Å²) in [5.41, 5.74) is -0.351. The Morgan fingerprint density at radius 1 is 1.47 bits per heavy atom. The van der Waals surface area contributed by atoms with Crippen molar-refractivity contribution in [3.63, 3.8) is 0 Å². The Morgan fingerprint density at radius 3 is 2.67 bits per heavy atom. The van der Waals surface area contributed by atoms with Gasteiger partial charge in [0.1, 0.15) is 0 Å². The van der Waals surface area contributed by atoms with Crippen molar-refractivity contribution in [1.29, 1.82) is 5.26 Å². The number of hydrogen-bond acceptors (Lipinski definition) is 5. The Balaban J connectivity index is 3.24. The van der Waals surface area contributed by atoms with Gasteiger partial charge in [0.25, 0.3) is 15.7 Å². The van der Waals surface area contributed by atoms with E-state index in [2.05, 4.69) is 0 Å². The Labute approximate surface area is 85.2 Å². The summed E-state index contributed by atoms with van der Waals surface area (Å²) in [6.07, 6.45) is 1.25. The molecule has 0 radical (unpaired) electrons. The number of non-ortho nitro benzene ring substituents is 1. The first-order chi connectivity index (χ1) is 6.97. The van der Waals surface area contributed by atoms with E-state index in [1.54, 1.807) is 4.72 Å². The van der Waals surface area contributed by atoms with E-state index in [1.807, 2.05) is 0 Å². The third-order valence-electron chi connectivity index (χ3n) is 1.52. The SMILES string of the molecule is N#CNS(=O)(=O)c1cccc([N+](=O)[O-])c1. The molecule has 0 aliphatic rings. The molecule has 0 aromatic heterocycles. The second-order valence-electron chi connectivity index (χ2n) is 2.47. The van der Waals surface area contributed by atoms with E-state index in [-0.39, 0.29) is 10.6 Å². The first-order valence-corrected chi connectivity index (χ1v) is 5.11. The van der Waals surface area contributed by atoms with Crippen LogP contribution in [0.5, 0.6) is 0 Å². The van der Waals surface area contributed by atoms with Crippen molar-refractivity contribution in [3.8, 4) is 6.19 Å². The molecule has 0 aliphatic heterocycles. The van der Waals surface area contributed by atoms with Crippen LogP contribution in [0.4, 0.5) is 5.69 Å². The summed E-state index contributed by atoms with van der Waals surface area (Å²) >= 11 is 0. The zero-order valence-corrected chi connectivity index (χ0v) is 8.06. The third kappa shape index (κ3) is 2.41. The van der Waals surface area contributed by atoms with Crippen LogP contribution < -0.4 is 4.72 Å². The fourth-order valence-electron chi connectivity index (χ4n) is 0.883. The molecule has 0 unspecified atom stereocenters. The zero-order chi connectivity index (χ0) is 11.5. The van der Waals surface area contributed by atoms with E-state index in [9.17, 15) is 18.5 Å². The van der Waals surface area contributed by atoms with Crippen molar-refractivity contribution in [2.75, 3.05) is 0 Å². The quantitative estimate of drug-likeness (QED) is 0.346. The lowest BCUT2D eigenvalue weighted by atomic mass is 10.3. The summed E-state index contributed by atoms with van der Waals surface area (Å²) < 4.78 is 24.1. The largest absolute Gasteiger partial charge is 0.270 e. The van der Waals surface area contributed by atoms with Gasteiger partial charge in [0.15, 0.2) is 6.19 Å². The van der Waals surface area contributed by atoms with Gasteiger partial charge >= 0.3 is 0 Å². The monoisotopic (exact) mass is 227 g/mol. The van der Waals surface area contributed by atoms with Crippen LogP contribution in [-0.2, 0) is 10.0 Å². The highest BCUT2D eigenvalue weighted by atomic mass is 32.2. The smallest absolute Gasteiger partial charge is 0.258 e. The molecule has 0 spiro atoms. The van der Waals surface area contributed by atoms with Gasteiger partial charge in [-0.3, -0.25) is 10.1 Å². The van der Waals surface area contributed by atoms with Gasteiger partial charge in [-0.05, 0) is 6.07 Å². The van der Waals surface area contributed by atoms with Crippen LogP contribution >= 0.6 is 0 Å². The van der Waals surface area contributed by atoms with Crippen LogP contribution in [-0.4, -0.2) is 13.3 Å². The molecular weight excluding hydrogens is 222 g/mol. The highest BCUT2D eigenvalue weighted by Gasteiger charge is 2.16. The molecule has 0 heterocycles. The molecule has 1 aromatic carbocycles. The van der Waals surface area contributed by atoms with Gasteiger partial charge in [0.2, 0.25) is 0 Å².